The summed E-state index contributed by atoms with van der Waals surface area (Å²) in [6.07, 6.45) is 4.02. The van der Waals surface area contributed by atoms with E-state index in [-0.39, 0.29) is 11.8 Å². The van der Waals surface area contributed by atoms with Gasteiger partial charge in [0.25, 0.3) is 5.91 Å². The van der Waals surface area contributed by atoms with Gasteiger partial charge in [0.2, 0.25) is 5.91 Å². The maximum atomic E-state index is 12.0. The van der Waals surface area contributed by atoms with E-state index in [0.717, 1.165) is 31.5 Å². The lowest BCUT2D eigenvalue weighted by Crippen LogP contribution is -2.29. The van der Waals surface area contributed by atoms with Crippen LogP contribution < -0.4 is 0 Å². The summed E-state index contributed by atoms with van der Waals surface area (Å²) in [5, 5.41) is 0. The number of aliphatic imine (C=N–C) groups is 1. The Balaban J connectivity index is 1.56. The summed E-state index contributed by atoms with van der Waals surface area (Å²) in [4.78, 5) is 30.4. The summed E-state index contributed by atoms with van der Waals surface area (Å²) in [5.74, 6) is 0.279. The lowest BCUT2D eigenvalue weighted by Gasteiger charge is -2.14. The van der Waals surface area contributed by atoms with E-state index < -0.39 is 0 Å². The van der Waals surface area contributed by atoms with Gasteiger partial charge in [-0.2, -0.15) is 4.99 Å². The van der Waals surface area contributed by atoms with Crippen LogP contribution in [0.5, 0.6) is 0 Å². The van der Waals surface area contributed by atoms with Crippen molar-refractivity contribution in [2.75, 3.05) is 18.8 Å². The molecule has 0 atom stereocenters. The molecule has 2 heterocycles. The third-order valence-electron chi connectivity index (χ3n) is 3.48. The van der Waals surface area contributed by atoms with Crippen molar-refractivity contribution in [1.29, 1.82) is 0 Å². The second-order valence-corrected chi connectivity index (χ2v) is 7.33. The average Bonchev–Trinajstić information content (AvgIpc) is 3.17. The predicted molar refractivity (Wildman–Crippen MR) is 92.7 cm³/mol. The Kier molecular flexibility index (Phi) is 5.00. The molecule has 2 amide bonds. The van der Waals surface area contributed by atoms with Crippen LogP contribution in [0, 0.1) is 0 Å². The molecule has 0 radical (unpaired) electrons. The summed E-state index contributed by atoms with van der Waals surface area (Å²) in [6, 6.07) is 9.70. The van der Waals surface area contributed by atoms with Gasteiger partial charge in [0.15, 0.2) is 0 Å². The minimum absolute atomic E-state index is 0.138. The molecule has 4 nitrogen and oxygen atoms in total. The summed E-state index contributed by atoms with van der Waals surface area (Å²) >= 11 is 2.71. The van der Waals surface area contributed by atoms with Gasteiger partial charge in [0, 0.05) is 13.1 Å². The standard InChI is InChI=1S/C16H16N2O2S2/c19-14(18-8-4-5-9-18)11-21-16-17-15(20)13(22-16)10-12-6-2-1-3-7-12/h1-3,6-7,10H,4-5,8-9,11H2/b13-10+. The number of carbonyl (C=O) groups excluding carboxylic acids is 2. The van der Waals surface area contributed by atoms with Gasteiger partial charge in [-0.1, -0.05) is 53.9 Å². The first-order valence-corrected chi connectivity index (χ1v) is 9.01. The predicted octanol–water partition coefficient (Wildman–Crippen LogP) is 3.01. The van der Waals surface area contributed by atoms with Crippen LogP contribution in [-0.4, -0.2) is 39.9 Å². The topological polar surface area (TPSA) is 49.7 Å². The molecule has 2 aliphatic heterocycles. The highest BCUT2D eigenvalue weighted by Crippen LogP contribution is 2.33. The minimum atomic E-state index is -0.218. The van der Waals surface area contributed by atoms with Crippen LogP contribution in [0.2, 0.25) is 0 Å². The van der Waals surface area contributed by atoms with Crippen molar-refractivity contribution in [2.45, 2.75) is 12.8 Å². The van der Waals surface area contributed by atoms with Crippen LogP contribution >= 0.6 is 23.5 Å². The Morgan fingerprint density at radius 1 is 1.27 bits per heavy atom. The fraction of sp³-hybridized carbons (Fsp3) is 0.312. The molecule has 3 rings (SSSR count). The second-order valence-electron chi connectivity index (χ2n) is 5.08. The molecule has 0 saturated carbocycles. The fourth-order valence-electron chi connectivity index (χ4n) is 2.33. The van der Waals surface area contributed by atoms with E-state index in [4.69, 9.17) is 0 Å². The van der Waals surface area contributed by atoms with Crippen LogP contribution in [0.1, 0.15) is 18.4 Å². The summed E-state index contributed by atoms with van der Waals surface area (Å²) in [5.41, 5.74) is 0.980. The smallest absolute Gasteiger partial charge is 0.285 e. The SMILES string of the molecule is O=C1N=C(SCC(=O)N2CCCC2)S/C1=C/c1ccccc1. The van der Waals surface area contributed by atoms with Crippen molar-refractivity contribution in [2.24, 2.45) is 4.99 Å². The third-order valence-corrected chi connectivity index (χ3v) is 5.59. The number of nitrogens with zero attached hydrogens (tertiary/aromatic N) is 2. The van der Waals surface area contributed by atoms with Gasteiger partial charge in [0.1, 0.15) is 4.38 Å². The van der Waals surface area contributed by atoms with Crippen molar-refractivity contribution in [3.8, 4) is 0 Å². The van der Waals surface area contributed by atoms with E-state index in [1.54, 1.807) is 0 Å². The van der Waals surface area contributed by atoms with Gasteiger partial charge in [-0.15, -0.1) is 0 Å². The van der Waals surface area contributed by atoms with Crippen molar-refractivity contribution in [3.63, 3.8) is 0 Å². The molecular formula is C16H16N2O2S2. The van der Waals surface area contributed by atoms with Crippen molar-refractivity contribution in [3.05, 3.63) is 40.8 Å². The number of thioether (sulfide) groups is 2. The molecule has 1 fully saturated rings. The van der Waals surface area contributed by atoms with Gasteiger partial charge >= 0.3 is 0 Å². The molecule has 0 N–H and O–H groups in total. The number of benzene rings is 1. The highest BCUT2D eigenvalue weighted by atomic mass is 32.2. The average molecular weight is 332 g/mol. The molecule has 6 heteroatoms. The van der Waals surface area contributed by atoms with Gasteiger partial charge in [-0.05, 0) is 24.5 Å². The van der Waals surface area contributed by atoms with E-state index in [1.165, 1.54) is 23.5 Å². The van der Waals surface area contributed by atoms with Crippen LogP contribution in [0.15, 0.2) is 40.2 Å². The van der Waals surface area contributed by atoms with Crippen LogP contribution in [0.4, 0.5) is 0 Å². The quantitative estimate of drug-likeness (QED) is 0.799. The minimum Gasteiger partial charge on any atom is -0.342 e. The monoisotopic (exact) mass is 332 g/mol. The fourth-order valence-corrected chi connectivity index (χ4v) is 4.24. The molecule has 2 aliphatic rings. The normalized spacial score (nSPS) is 19.8. The molecule has 1 aromatic rings. The van der Waals surface area contributed by atoms with Crippen LogP contribution in [0.25, 0.3) is 6.08 Å². The first-order chi connectivity index (χ1) is 10.7. The largest absolute Gasteiger partial charge is 0.342 e. The Labute approximate surface area is 138 Å². The number of carbonyl (C=O) groups is 2. The van der Waals surface area contributed by atoms with Gasteiger partial charge in [0.05, 0.1) is 10.7 Å². The first kappa shape index (κ1) is 15.4. The molecule has 0 spiro atoms. The van der Waals surface area contributed by atoms with Gasteiger partial charge in [-0.25, -0.2) is 0 Å². The number of amides is 2. The van der Waals surface area contributed by atoms with E-state index in [2.05, 4.69) is 4.99 Å². The highest BCUT2D eigenvalue weighted by molar-refractivity contribution is 8.41. The number of hydrogen-bond donors (Lipinski definition) is 0. The van der Waals surface area contributed by atoms with Gasteiger partial charge < -0.3 is 4.90 Å². The zero-order valence-corrected chi connectivity index (χ0v) is 13.7. The van der Waals surface area contributed by atoms with E-state index in [0.29, 0.717) is 15.0 Å². The number of likely N-dealkylation sites (tertiary alicyclic amines) is 1. The first-order valence-electron chi connectivity index (χ1n) is 7.20. The number of rotatable bonds is 3. The highest BCUT2D eigenvalue weighted by Gasteiger charge is 2.24. The van der Waals surface area contributed by atoms with Crippen LogP contribution in [-0.2, 0) is 9.59 Å². The van der Waals surface area contributed by atoms with Gasteiger partial charge in [-0.3, -0.25) is 9.59 Å². The molecule has 0 unspecified atom stereocenters. The third kappa shape index (κ3) is 3.81. The Hall–Kier alpha value is -1.53. The van der Waals surface area contributed by atoms with E-state index in [9.17, 15) is 9.59 Å². The van der Waals surface area contributed by atoms with E-state index >= 15 is 0 Å². The molecule has 22 heavy (non-hydrogen) atoms. The van der Waals surface area contributed by atoms with Crippen molar-refractivity contribution < 1.29 is 9.59 Å². The molecule has 0 bridgehead atoms. The Bertz CT molecular complexity index is 635. The number of hydrogen-bond acceptors (Lipinski definition) is 4. The summed E-state index contributed by atoms with van der Waals surface area (Å²) < 4.78 is 0.666. The lowest BCUT2D eigenvalue weighted by atomic mass is 10.2. The molecule has 0 aliphatic carbocycles. The lowest BCUT2D eigenvalue weighted by molar-refractivity contribution is -0.127. The van der Waals surface area contributed by atoms with Crippen molar-refractivity contribution in [1.82, 2.24) is 4.90 Å². The maximum absolute atomic E-state index is 12.0. The maximum Gasteiger partial charge on any atom is 0.285 e. The zero-order valence-electron chi connectivity index (χ0n) is 12.0. The Morgan fingerprint density at radius 3 is 2.73 bits per heavy atom. The van der Waals surface area contributed by atoms with Crippen molar-refractivity contribution >= 4 is 45.8 Å². The Morgan fingerprint density at radius 2 is 2.00 bits per heavy atom. The molecule has 114 valence electrons. The molecule has 1 aromatic carbocycles. The molecule has 1 saturated heterocycles. The zero-order chi connectivity index (χ0) is 15.4. The second kappa shape index (κ2) is 7.15. The molecule has 0 aromatic heterocycles. The summed E-state index contributed by atoms with van der Waals surface area (Å²) in [7, 11) is 0. The van der Waals surface area contributed by atoms with Crippen LogP contribution in [0.3, 0.4) is 0 Å². The van der Waals surface area contributed by atoms with E-state index in [1.807, 2.05) is 41.3 Å². The summed E-state index contributed by atoms with van der Waals surface area (Å²) in [6.45, 7) is 1.72. The molecular weight excluding hydrogens is 316 g/mol.